The van der Waals surface area contributed by atoms with Crippen molar-refractivity contribution in [2.24, 2.45) is 0 Å². The van der Waals surface area contributed by atoms with Crippen LogP contribution in [0.25, 0.3) is 10.6 Å². The molecule has 1 saturated heterocycles. The molecule has 24 heavy (non-hydrogen) atoms. The van der Waals surface area contributed by atoms with Crippen molar-refractivity contribution in [2.75, 3.05) is 46.8 Å². The van der Waals surface area contributed by atoms with Crippen LogP contribution < -0.4 is 0 Å². The van der Waals surface area contributed by atoms with Crippen LogP contribution in [0.2, 0.25) is 0 Å². The maximum Gasteiger partial charge on any atom is 0.236 e. The van der Waals surface area contributed by atoms with Gasteiger partial charge in [-0.2, -0.15) is 0 Å². The molecular weight excluding hydrogens is 320 g/mol. The van der Waals surface area contributed by atoms with Crippen LogP contribution in [0.5, 0.6) is 0 Å². The third-order valence-corrected chi connectivity index (χ3v) is 5.21. The van der Waals surface area contributed by atoms with E-state index >= 15 is 0 Å². The first-order valence-corrected chi connectivity index (χ1v) is 9.14. The number of hydrogen-bond acceptors (Lipinski definition) is 5. The van der Waals surface area contributed by atoms with Crippen molar-refractivity contribution >= 4 is 17.2 Å². The van der Waals surface area contributed by atoms with E-state index in [1.807, 2.05) is 35.0 Å². The van der Waals surface area contributed by atoms with E-state index in [9.17, 15) is 4.79 Å². The number of hydrogen-bond donors (Lipinski definition) is 0. The van der Waals surface area contributed by atoms with E-state index in [1.165, 1.54) is 0 Å². The molecule has 2 aromatic rings. The summed E-state index contributed by atoms with van der Waals surface area (Å²) in [4.78, 5) is 23.3. The highest BCUT2D eigenvalue weighted by molar-refractivity contribution is 7.13. The standard InChI is InChI=1S/C18H24N4OS/c1-20-8-10-22(11-9-20)17(23)13-21(2)12-16-14-24-18(19-16)15-6-4-3-5-7-15/h3-7,14H,8-13H2,1-2H3. The molecule has 3 rings (SSSR count). The number of nitrogens with zero attached hydrogens (tertiary/aromatic N) is 4. The molecule has 0 atom stereocenters. The van der Waals surface area contributed by atoms with Gasteiger partial charge in [-0.05, 0) is 14.1 Å². The van der Waals surface area contributed by atoms with Crippen LogP contribution in [0, 0.1) is 0 Å². The first-order chi connectivity index (χ1) is 11.6. The van der Waals surface area contributed by atoms with E-state index in [0.29, 0.717) is 13.1 Å². The Morgan fingerprint density at radius 1 is 1.21 bits per heavy atom. The Hall–Kier alpha value is -1.76. The minimum Gasteiger partial charge on any atom is -0.339 e. The van der Waals surface area contributed by atoms with Gasteiger partial charge in [-0.15, -0.1) is 11.3 Å². The lowest BCUT2D eigenvalue weighted by atomic mass is 10.2. The van der Waals surface area contributed by atoms with E-state index in [0.717, 1.165) is 42.4 Å². The number of carbonyl (C=O) groups excluding carboxylic acids is 1. The molecule has 1 fully saturated rings. The number of thiazole rings is 1. The van der Waals surface area contributed by atoms with Crippen LogP contribution in [0.4, 0.5) is 0 Å². The number of likely N-dealkylation sites (N-methyl/N-ethyl adjacent to an activating group) is 2. The van der Waals surface area contributed by atoms with Crippen molar-refractivity contribution in [3.63, 3.8) is 0 Å². The molecule has 5 nitrogen and oxygen atoms in total. The Morgan fingerprint density at radius 3 is 2.62 bits per heavy atom. The largest absolute Gasteiger partial charge is 0.339 e. The van der Waals surface area contributed by atoms with Crippen molar-refractivity contribution in [2.45, 2.75) is 6.54 Å². The highest BCUT2D eigenvalue weighted by Gasteiger charge is 2.20. The zero-order valence-corrected chi connectivity index (χ0v) is 15.1. The Labute approximate surface area is 147 Å². The lowest BCUT2D eigenvalue weighted by Crippen LogP contribution is -2.49. The summed E-state index contributed by atoms with van der Waals surface area (Å²) in [6.07, 6.45) is 0. The Morgan fingerprint density at radius 2 is 1.92 bits per heavy atom. The fourth-order valence-electron chi connectivity index (χ4n) is 2.81. The summed E-state index contributed by atoms with van der Waals surface area (Å²) in [5, 5.41) is 3.11. The minimum absolute atomic E-state index is 0.212. The van der Waals surface area contributed by atoms with E-state index < -0.39 is 0 Å². The van der Waals surface area contributed by atoms with Gasteiger partial charge in [-0.3, -0.25) is 9.69 Å². The van der Waals surface area contributed by atoms with Crippen molar-refractivity contribution in [1.82, 2.24) is 19.7 Å². The normalized spacial score (nSPS) is 15.9. The number of aromatic nitrogens is 1. The molecule has 1 aromatic carbocycles. The van der Waals surface area contributed by atoms with Crippen LogP contribution >= 0.6 is 11.3 Å². The Balaban J connectivity index is 1.53. The summed E-state index contributed by atoms with van der Waals surface area (Å²) < 4.78 is 0. The SMILES string of the molecule is CN1CCN(C(=O)CN(C)Cc2csc(-c3ccccc3)n2)CC1. The van der Waals surface area contributed by atoms with Gasteiger partial charge < -0.3 is 9.80 Å². The van der Waals surface area contributed by atoms with Gasteiger partial charge >= 0.3 is 0 Å². The number of amides is 1. The molecule has 0 saturated carbocycles. The first kappa shape index (κ1) is 17.1. The monoisotopic (exact) mass is 344 g/mol. The van der Waals surface area contributed by atoms with Crippen molar-refractivity contribution in [1.29, 1.82) is 0 Å². The van der Waals surface area contributed by atoms with E-state index in [-0.39, 0.29) is 5.91 Å². The van der Waals surface area contributed by atoms with Crippen LogP contribution in [0.15, 0.2) is 35.7 Å². The van der Waals surface area contributed by atoms with Crippen molar-refractivity contribution in [3.05, 3.63) is 41.4 Å². The summed E-state index contributed by atoms with van der Waals surface area (Å²) in [5.74, 6) is 0.212. The smallest absolute Gasteiger partial charge is 0.236 e. The average Bonchev–Trinajstić information content (AvgIpc) is 3.04. The molecule has 1 aromatic heterocycles. The highest BCUT2D eigenvalue weighted by atomic mass is 32.1. The quantitative estimate of drug-likeness (QED) is 0.832. The maximum absolute atomic E-state index is 12.4. The maximum atomic E-state index is 12.4. The third kappa shape index (κ3) is 4.41. The topological polar surface area (TPSA) is 39.7 Å². The van der Waals surface area contributed by atoms with Gasteiger partial charge in [0.05, 0.1) is 12.2 Å². The van der Waals surface area contributed by atoms with Crippen LogP contribution in [0.3, 0.4) is 0 Å². The molecule has 0 spiro atoms. The molecule has 2 heterocycles. The zero-order chi connectivity index (χ0) is 16.9. The number of benzene rings is 1. The molecule has 1 amide bonds. The summed E-state index contributed by atoms with van der Waals surface area (Å²) in [6, 6.07) is 10.2. The van der Waals surface area contributed by atoms with Gasteiger partial charge in [0.15, 0.2) is 0 Å². The zero-order valence-electron chi connectivity index (χ0n) is 14.3. The molecule has 1 aliphatic rings. The van der Waals surface area contributed by atoms with Crippen molar-refractivity contribution < 1.29 is 4.79 Å². The van der Waals surface area contributed by atoms with Gasteiger partial charge in [0.1, 0.15) is 5.01 Å². The molecule has 0 unspecified atom stereocenters. The Kier molecular flexibility index (Phi) is 5.60. The molecule has 0 bridgehead atoms. The van der Waals surface area contributed by atoms with Crippen LogP contribution in [-0.4, -0.2) is 72.4 Å². The number of carbonyl (C=O) groups is 1. The van der Waals surface area contributed by atoms with E-state index in [4.69, 9.17) is 4.98 Å². The molecule has 6 heteroatoms. The number of rotatable bonds is 5. The predicted molar refractivity (Wildman–Crippen MR) is 98.0 cm³/mol. The second-order valence-corrected chi connectivity index (χ2v) is 7.22. The van der Waals surface area contributed by atoms with Gasteiger partial charge in [0.25, 0.3) is 0 Å². The highest BCUT2D eigenvalue weighted by Crippen LogP contribution is 2.23. The molecule has 0 N–H and O–H groups in total. The minimum atomic E-state index is 0.212. The second kappa shape index (κ2) is 7.88. The van der Waals surface area contributed by atoms with Crippen LogP contribution in [0.1, 0.15) is 5.69 Å². The lowest BCUT2D eigenvalue weighted by molar-refractivity contribution is -0.133. The van der Waals surface area contributed by atoms with Gasteiger partial charge in [-0.25, -0.2) is 4.98 Å². The fourth-order valence-corrected chi connectivity index (χ4v) is 3.63. The fraction of sp³-hybridized carbons (Fsp3) is 0.444. The summed E-state index contributed by atoms with van der Waals surface area (Å²) in [6.45, 7) is 4.73. The second-order valence-electron chi connectivity index (χ2n) is 6.37. The summed E-state index contributed by atoms with van der Waals surface area (Å²) >= 11 is 1.65. The Bertz CT molecular complexity index is 665. The van der Waals surface area contributed by atoms with E-state index in [1.54, 1.807) is 11.3 Å². The van der Waals surface area contributed by atoms with Gasteiger partial charge in [0, 0.05) is 43.7 Å². The molecule has 0 aliphatic carbocycles. The molecule has 1 aliphatic heterocycles. The first-order valence-electron chi connectivity index (χ1n) is 8.26. The number of piperazine rings is 1. The van der Waals surface area contributed by atoms with Crippen LogP contribution in [-0.2, 0) is 11.3 Å². The lowest BCUT2D eigenvalue weighted by Gasteiger charge is -2.33. The summed E-state index contributed by atoms with van der Waals surface area (Å²) in [7, 11) is 4.08. The molecular formula is C18H24N4OS. The molecule has 0 radical (unpaired) electrons. The van der Waals surface area contributed by atoms with Crippen molar-refractivity contribution in [3.8, 4) is 10.6 Å². The third-order valence-electron chi connectivity index (χ3n) is 4.27. The average molecular weight is 344 g/mol. The predicted octanol–water partition coefficient (Wildman–Crippen LogP) is 2.02. The molecule has 128 valence electrons. The summed E-state index contributed by atoms with van der Waals surface area (Å²) in [5.41, 5.74) is 2.16. The van der Waals surface area contributed by atoms with E-state index in [2.05, 4.69) is 29.5 Å². The van der Waals surface area contributed by atoms with Gasteiger partial charge in [0.2, 0.25) is 5.91 Å². The van der Waals surface area contributed by atoms with Gasteiger partial charge in [-0.1, -0.05) is 30.3 Å².